The number of amides is 2. The van der Waals surface area contributed by atoms with Gasteiger partial charge in [-0.25, -0.2) is 0 Å². The Bertz CT molecular complexity index is 1160. The van der Waals surface area contributed by atoms with Crippen molar-refractivity contribution < 1.29 is 14.0 Å². The van der Waals surface area contributed by atoms with Crippen molar-refractivity contribution >= 4 is 28.6 Å². The molecule has 2 aliphatic rings. The maximum absolute atomic E-state index is 13.9. The summed E-state index contributed by atoms with van der Waals surface area (Å²) in [6.07, 6.45) is 7.00. The van der Waals surface area contributed by atoms with Crippen LogP contribution in [-0.2, 0) is 17.8 Å². The molecule has 6 heteroatoms. The maximum atomic E-state index is 13.9. The van der Waals surface area contributed by atoms with Crippen molar-refractivity contribution in [1.29, 1.82) is 0 Å². The highest BCUT2D eigenvalue weighted by atomic mass is 16.3. The van der Waals surface area contributed by atoms with E-state index in [1.807, 2.05) is 41.8 Å². The van der Waals surface area contributed by atoms with Crippen LogP contribution in [0.15, 0.2) is 47.1 Å². The number of furan rings is 1. The predicted molar refractivity (Wildman–Crippen MR) is 125 cm³/mol. The molecule has 1 aliphatic heterocycles. The average molecular weight is 434 g/mol. The molecule has 2 aromatic heterocycles. The zero-order valence-corrected chi connectivity index (χ0v) is 19.1. The number of nitrogens with zero attached hydrogens (tertiary/aromatic N) is 2. The summed E-state index contributed by atoms with van der Waals surface area (Å²) in [6, 6.07) is 11.8. The van der Waals surface area contributed by atoms with Gasteiger partial charge in [-0.05, 0) is 49.8 Å². The number of rotatable bonds is 4. The highest BCUT2D eigenvalue weighted by molar-refractivity contribution is 6.13. The fraction of sp³-hybridized carbons (Fsp3) is 0.462. The maximum Gasteiger partial charge on any atom is 0.276 e. The Labute approximate surface area is 188 Å². The molecule has 0 saturated heterocycles. The second kappa shape index (κ2) is 7.84. The average Bonchev–Trinajstić information content (AvgIpc) is 3.38. The first-order valence-corrected chi connectivity index (χ1v) is 11.7. The van der Waals surface area contributed by atoms with E-state index in [9.17, 15) is 9.59 Å². The fourth-order valence-electron chi connectivity index (χ4n) is 5.35. The zero-order valence-electron chi connectivity index (χ0n) is 19.1. The summed E-state index contributed by atoms with van der Waals surface area (Å²) in [4.78, 5) is 29.3. The molecule has 1 saturated carbocycles. The molecule has 3 aromatic rings. The first kappa shape index (κ1) is 20.9. The van der Waals surface area contributed by atoms with Gasteiger partial charge in [0.1, 0.15) is 11.2 Å². The normalized spacial score (nSPS) is 25.7. The van der Waals surface area contributed by atoms with Crippen LogP contribution >= 0.6 is 0 Å². The monoisotopic (exact) mass is 433 g/mol. The van der Waals surface area contributed by atoms with Crippen LogP contribution in [-0.4, -0.2) is 28.0 Å². The molecule has 0 radical (unpaired) electrons. The molecule has 3 atom stereocenters. The molecule has 2 amide bonds. The Morgan fingerprint density at radius 2 is 1.94 bits per heavy atom. The lowest BCUT2D eigenvalue weighted by molar-refractivity contribution is -0.127. The van der Waals surface area contributed by atoms with Crippen LogP contribution in [0.25, 0.3) is 11.1 Å². The van der Waals surface area contributed by atoms with E-state index in [-0.39, 0.29) is 17.9 Å². The van der Waals surface area contributed by atoms with Gasteiger partial charge in [0.25, 0.3) is 5.91 Å². The third kappa shape index (κ3) is 3.24. The molecule has 1 fully saturated rings. The summed E-state index contributed by atoms with van der Waals surface area (Å²) in [5.41, 5.74) is 2.94. The van der Waals surface area contributed by atoms with Gasteiger partial charge >= 0.3 is 0 Å². The SMILES string of the molecule is CCc1ccc(N2C(=O)c3cc4occc4n3C[C@]2(C)C(=O)N[C@H]2CCCC[C@@H]2C)cc1. The molecule has 1 aromatic carbocycles. The Balaban J connectivity index is 1.58. The number of aryl methyl sites for hydroxylation is 1. The van der Waals surface area contributed by atoms with Crippen molar-refractivity contribution in [2.24, 2.45) is 5.92 Å². The zero-order chi connectivity index (χ0) is 22.5. The Hall–Kier alpha value is -3.02. The van der Waals surface area contributed by atoms with Gasteiger partial charge in [-0.2, -0.15) is 0 Å². The van der Waals surface area contributed by atoms with Gasteiger partial charge in [-0.3, -0.25) is 14.5 Å². The van der Waals surface area contributed by atoms with Crippen LogP contribution in [0.2, 0.25) is 0 Å². The highest BCUT2D eigenvalue weighted by Crippen LogP contribution is 2.37. The number of hydrogen-bond donors (Lipinski definition) is 1. The number of carbonyl (C=O) groups is 2. The van der Waals surface area contributed by atoms with Crippen LogP contribution in [0.5, 0.6) is 0 Å². The number of carbonyl (C=O) groups excluding carboxylic acids is 2. The minimum atomic E-state index is -1.06. The lowest BCUT2D eigenvalue weighted by Crippen LogP contribution is -2.65. The van der Waals surface area contributed by atoms with Crippen LogP contribution in [0.3, 0.4) is 0 Å². The van der Waals surface area contributed by atoms with E-state index in [4.69, 9.17) is 4.42 Å². The van der Waals surface area contributed by atoms with Crippen molar-refractivity contribution in [3.05, 3.63) is 53.9 Å². The van der Waals surface area contributed by atoms with Crippen molar-refractivity contribution in [3.63, 3.8) is 0 Å². The molecule has 32 heavy (non-hydrogen) atoms. The van der Waals surface area contributed by atoms with Gasteiger partial charge < -0.3 is 14.3 Å². The largest absolute Gasteiger partial charge is 0.463 e. The third-order valence-corrected chi connectivity index (χ3v) is 7.42. The summed E-state index contributed by atoms with van der Waals surface area (Å²) in [5.74, 6) is 0.164. The summed E-state index contributed by atoms with van der Waals surface area (Å²) >= 11 is 0. The molecule has 3 heterocycles. The number of fused-ring (bicyclic) bond motifs is 3. The van der Waals surface area contributed by atoms with Crippen LogP contribution in [0, 0.1) is 5.92 Å². The van der Waals surface area contributed by atoms with E-state index in [0.29, 0.717) is 23.7 Å². The molecular formula is C26H31N3O3. The standard InChI is InChI=1S/C26H31N3O3/c1-4-18-9-11-19(12-10-18)29-24(30)22-15-23-21(13-14-32-23)28(22)16-26(29,3)25(31)27-20-8-6-5-7-17(20)2/h9-15,17,20H,4-8,16H2,1-3H3,(H,27,31)/t17-,20-,26+/m0/s1. The smallest absolute Gasteiger partial charge is 0.276 e. The van der Waals surface area contributed by atoms with Crippen molar-refractivity contribution in [1.82, 2.24) is 9.88 Å². The van der Waals surface area contributed by atoms with Crippen LogP contribution in [0.1, 0.15) is 62.5 Å². The molecule has 0 unspecified atom stereocenters. The topological polar surface area (TPSA) is 67.5 Å². The fourth-order valence-corrected chi connectivity index (χ4v) is 5.35. The van der Waals surface area contributed by atoms with Gasteiger partial charge in [0, 0.05) is 23.9 Å². The molecule has 0 bridgehead atoms. The van der Waals surface area contributed by atoms with Gasteiger partial charge in [-0.15, -0.1) is 0 Å². The van der Waals surface area contributed by atoms with E-state index >= 15 is 0 Å². The first-order valence-electron chi connectivity index (χ1n) is 11.7. The minimum Gasteiger partial charge on any atom is -0.463 e. The molecular weight excluding hydrogens is 402 g/mol. The lowest BCUT2D eigenvalue weighted by Gasteiger charge is -2.45. The summed E-state index contributed by atoms with van der Waals surface area (Å²) in [6.45, 7) is 6.57. The van der Waals surface area contributed by atoms with E-state index in [0.717, 1.165) is 36.9 Å². The van der Waals surface area contributed by atoms with E-state index in [1.54, 1.807) is 17.2 Å². The summed E-state index contributed by atoms with van der Waals surface area (Å²) in [7, 11) is 0. The van der Waals surface area contributed by atoms with E-state index in [2.05, 4.69) is 19.2 Å². The molecule has 1 aliphatic carbocycles. The molecule has 5 rings (SSSR count). The molecule has 0 spiro atoms. The highest BCUT2D eigenvalue weighted by Gasteiger charge is 2.49. The number of nitrogens with one attached hydrogen (secondary N) is 1. The predicted octanol–water partition coefficient (Wildman–Crippen LogP) is 4.91. The van der Waals surface area contributed by atoms with E-state index < -0.39 is 5.54 Å². The summed E-state index contributed by atoms with van der Waals surface area (Å²) in [5, 5.41) is 3.32. The third-order valence-electron chi connectivity index (χ3n) is 7.42. The van der Waals surface area contributed by atoms with Crippen molar-refractivity contribution in [2.45, 2.75) is 71.0 Å². The summed E-state index contributed by atoms with van der Waals surface area (Å²) < 4.78 is 7.49. The Kier molecular flexibility index (Phi) is 5.11. The van der Waals surface area contributed by atoms with Crippen molar-refractivity contribution in [2.75, 3.05) is 4.90 Å². The Morgan fingerprint density at radius 1 is 1.19 bits per heavy atom. The van der Waals surface area contributed by atoms with Crippen molar-refractivity contribution in [3.8, 4) is 0 Å². The quantitative estimate of drug-likeness (QED) is 0.636. The van der Waals surface area contributed by atoms with Gasteiger partial charge in [-0.1, -0.05) is 38.8 Å². The van der Waals surface area contributed by atoms with Gasteiger partial charge in [0.05, 0.1) is 18.3 Å². The first-order chi connectivity index (χ1) is 15.4. The molecule has 1 N–H and O–H groups in total. The number of anilines is 1. The second-order valence-electron chi connectivity index (χ2n) is 9.56. The van der Waals surface area contributed by atoms with Gasteiger partial charge in [0.2, 0.25) is 5.91 Å². The number of benzene rings is 1. The second-order valence-corrected chi connectivity index (χ2v) is 9.56. The van der Waals surface area contributed by atoms with Gasteiger partial charge in [0.15, 0.2) is 5.58 Å². The molecule has 6 nitrogen and oxygen atoms in total. The minimum absolute atomic E-state index is 0.0971. The number of aromatic nitrogens is 1. The number of hydrogen-bond acceptors (Lipinski definition) is 3. The van der Waals surface area contributed by atoms with Crippen LogP contribution in [0.4, 0.5) is 5.69 Å². The lowest BCUT2D eigenvalue weighted by atomic mass is 9.84. The molecule has 168 valence electrons. The van der Waals surface area contributed by atoms with E-state index in [1.165, 1.54) is 12.0 Å². The Morgan fingerprint density at radius 3 is 2.66 bits per heavy atom. The van der Waals surface area contributed by atoms with Crippen LogP contribution < -0.4 is 10.2 Å².